The first-order valence-electron chi connectivity index (χ1n) is 2.80. The second-order valence-electron chi connectivity index (χ2n) is 2.43. The van der Waals surface area contributed by atoms with E-state index in [1.807, 2.05) is 0 Å². The topological polar surface area (TPSA) is 53.0 Å². The van der Waals surface area contributed by atoms with Crippen LogP contribution in [-0.2, 0) is 4.74 Å². The Kier molecular flexibility index (Phi) is 0.730. The summed E-state index contributed by atoms with van der Waals surface area (Å²) in [4.78, 5) is 0. The molecule has 2 fully saturated rings. The minimum atomic E-state index is -0.611. The molecular weight excluding hydrogens is 108 g/mol. The van der Waals surface area contributed by atoms with Crippen molar-refractivity contribution in [2.45, 2.75) is 30.8 Å². The van der Waals surface area contributed by atoms with Crippen LogP contribution in [0, 0.1) is 0 Å². The highest BCUT2D eigenvalue weighted by molar-refractivity contribution is 5.02. The largest absolute Gasteiger partial charge is 0.390 e. The molecule has 4 atom stereocenters. The fourth-order valence-electron chi connectivity index (χ4n) is 1.24. The Morgan fingerprint density at radius 1 is 1.38 bits per heavy atom. The van der Waals surface area contributed by atoms with E-state index in [0.717, 1.165) is 0 Å². The van der Waals surface area contributed by atoms with Gasteiger partial charge in [-0.15, -0.1) is 0 Å². The van der Waals surface area contributed by atoms with Gasteiger partial charge in [0.05, 0.1) is 12.2 Å². The van der Waals surface area contributed by atoms with Crippen molar-refractivity contribution in [1.29, 1.82) is 0 Å². The summed E-state index contributed by atoms with van der Waals surface area (Å²) in [5.74, 6) is 0. The number of aliphatic hydroxyl groups excluding tert-OH is 2. The van der Waals surface area contributed by atoms with Gasteiger partial charge in [-0.3, -0.25) is 0 Å². The van der Waals surface area contributed by atoms with Crippen LogP contribution in [0.3, 0.4) is 0 Å². The van der Waals surface area contributed by atoms with Gasteiger partial charge in [0, 0.05) is 6.42 Å². The molecule has 0 unspecified atom stereocenters. The normalized spacial score (nSPS) is 60.8. The van der Waals surface area contributed by atoms with E-state index in [1.54, 1.807) is 0 Å². The number of epoxide rings is 1. The molecule has 1 aliphatic carbocycles. The van der Waals surface area contributed by atoms with E-state index in [4.69, 9.17) is 14.9 Å². The van der Waals surface area contributed by atoms with Crippen LogP contribution in [0.25, 0.3) is 0 Å². The van der Waals surface area contributed by atoms with Crippen molar-refractivity contribution in [2.24, 2.45) is 0 Å². The highest BCUT2D eigenvalue weighted by Gasteiger charge is 2.54. The smallest absolute Gasteiger partial charge is 0.113 e. The molecule has 2 N–H and O–H groups in total. The third kappa shape index (κ3) is 0.438. The molecular formula is C5H8O3. The van der Waals surface area contributed by atoms with Crippen molar-refractivity contribution in [1.82, 2.24) is 0 Å². The molecule has 0 spiro atoms. The van der Waals surface area contributed by atoms with Crippen LogP contribution in [0.15, 0.2) is 0 Å². The maximum Gasteiger partial charge on any atom is 0.113 e. The van der Waals surface area contributed by atoms with Crippen molar-refractivity contribution in [3.63, 3.8) is 0 Å². The summed E-state index contributed by atoms with van der Waals surface area (Å²) in [6.45, 7) is 0. The SMILES string of the molecule is O[C@@H]1[C@H]2O[C@@H]2C[C@H]1O. The predicted octanol–water partition coefficient (Wildman–Crippen LogP) is -1.12. The number of hydrogen-bond acceptors (Lipinski definition) is 3. The molecule has 0 aromatic carbocycles. The van der Waals surface area contributed by atoms with Gasteiger partial charge >= 0.3 is 0 Å². The molecule has 46 valence electrons. The maximum absolute atomic E-state index is 8.93. The van der Waals surface area contributed by atoms with Gasteiger partial charge < -0.3 is 14.9 Å². The van der Waals surface area contributed by atoms with Crippen LogP contribution >= 0.6 is 0 Å². The first-order chi connectivity index (χ1) is 3.79. The summed E-state index contributed by atoms with van der Waals surface area (Å²) in [6.07, 6.45) is -0.394. The monoisotopic (exact) mass is 116 g/mol. The number of aliphatic hydroxyl groups is 2. The van der Waals surface area contributed by atoms with Crippen molar-refractivity contribution in [3.8, 4) is 0 Å². The Hall–Kier alpha value is -0.120. The minimum absolute atomic E-state index is 0.0370. The van der Waals surface area contributed by atoms with E-state index >= 15 is 0 Å². The first-order valence-corrected chi connectivity index (χ1v) is 2.80. The Morgan fingerprint density at radius 2 is 2.12 bits per heavy atom. The molecule has 1 aliphatic heterocycles. The third-order valence-electron chi connectivity index (χ3n) is 1.83. The van der Waals surface area contributed by atoms with Crippen LogP contribution in [0.4, 0.5) is 0 Å². The molecule has 1 saturated carbocycles. The van der Waals surface area contributed by atoms with Crippen LogP contribution in [0.1, 0.15) is 6.42 Å². The summed E-state index contributed by atoms with van der Waals surface area (Å²) < 4.78 is 4.93. The molecule has 0 amide bonds. The zero-order chi connectivity index (χ0) is 5.72. The second-order valence-corrected chi connectivity index (χ2v) is 2.43. The van der Waals surface area contributed by atoms with Gasteiger partial charge in [0.2, 0.25) is 0 Å². The molecule has 0 radical (unpaired) electrons. The summed E-state index contributed by atoms with van der Waals surface area (Å²) in [7, 11) is 0. The molecule has 1 heterocycles. The average Bonchev–Trinajstić information content (AvgIpc) is 2.39. The van der Waals surface area contributed by atoms with E-state index in [-0.39, 0.29) is 12.2 Å². The average molecular weight is 116 g/mol. The van der Waals surface area contributed by atoms with E-state index in [9.17, 15) is 0 Å². The molecule has 0 bridgehead atoms. The van der Waals surface area contributed by atoms with Crippen LogP contribution in [0.2, 0.25) is 0 Å². The summed E-state index contributed by atoms with van der Waals surface area (Å²) in [5, 5.41) is 17.8. The lowest BCUT2D eigenvalue weighted by molar-refractivity contribution is -0.000732. The van der Waals surface area contributed by atoms with Gasteiger partial charge in [-0.25, -0.2) is 0 Å². The lowest BCUT2D eigenvalue weighted by Crippen LogP contribution is -2.25. The highest BCUT2D eigenvalue weighted by atomic mass is 16.6. The third-order valence-corrected chi connectivity index (χ3v) is 1.83. The molecule has 1 saturated heterocycles. The van der Waals surface area contributed by atoms with Crippen LogP contribution < -0.4 is 0 Å². The van der Waals surface area contributed by atoms with Gasteiger partial charge in [0.1, 0.15) is 12.2 Å². The predicted molar refractivity (Wildman–Crippen MR) is 25.3 cm³/mol. The van der Waals surface area contributed by atoms with Crippen LogP contribution in [0.5, 0.6) is 0 Å². The van der Waals surface area contributed by atoms with E-state index in [1.165, 1.54) is 0 Å². The Morgan fingerprint density at radius 3 is 2.38 bits per heavy atom. The Labute approximate surface area is 46.9 Å². The zero-order valence-electron chi connectivity index (χ0n) is 4.32. The quantitative estimate of drug-likeness (QED) is 0.394. The molecule has 0 aromatic heterocycles. The Bertz CT molecular complexity index is 112. The van der Waals surface area contributed by atoms with Gasteiger partial charge in [-0.05, 0) is 0 Å². The summed E-state index contributed by atoms with van der Waals surface area (Å²) in [6, 6.07) is 0. The lowest BCUT2D eigenvalue weighted by Gasteiger charge is -2.07. The van der Waals surface area contributed by atoms with Crippen molar-refractivity contribution >= 4 is 0 Å². The maximum atomic E-state index is 8.93. The highest BCUT2D eigenvalue weighted by Crippen LogP contribution is 2.38. The van der Waals surface area contributed by atoms with Gasteiger partial charge in [0.25, 0.3) is 0 Å². The molecule has 2 rings (SSSR count). The standard InChI is InChI=1S/C5H8O3/c6-2-1-3-5(8-3)4(2)7/h2-7H,1H2/t2-,3-,4+,5+/m1/s1. The van der Waals surface area contributed by atoms with Gasteiger partial charge in [0.15, 0.2) is 0 Å². The fraction of sp³-hybridized carbons (Fsp3) is 1.00. The number of fused-ring (bicyclic) bond motifs is 1. The van der Waals surface area contributed by atoms with Crippen molar-refractivity contribution < 1.29 is 14.9 Å². The number of hydrogen-bond donors (Lipinski definition) is 2. The fourth-order valence-corrected chi connectivity index (χ4v) is 1.24. The molecule has 0 aromatic rings. The Balaban J connectivity index is 2.08. The van der Waals surface area contributed by atoms with Crippen molar-refractivity contribution in [2.75, 3.05) is 0 Å². The van der Waals surface area contributed by atoms with E-state index in [2.05, 4.69) is 0 Å². The summed E-state index contributed by atoms with van der Waals surface area (Å²) >= 11 is 0. The zero-order valence-corrected chi connectivity index (χ0v) is 4.32. The summed E-state index contributed by atoms with van der Waals surface area (Å²) in [5.41, 5.74) is 0. The minimum Gasteiger partial charge on any atom is -0.390 e. The van der Waals surface area contributed by atoms with E-state index in [0.29, 0.717) is 6.42 Å². The lowest BCUT2D eigenvalue weighted by atomic mass is 10.2. The molecule has 8 heavy (non-hydrogen) atoms. The molecule has 3 nitrogen and oxygen atoms in total. The number of rotatable bonds is 0. The van der Waals surface area contributed by atoms with Gasteiger partial charge in [-0.1, -0.05) is 0 Å². The van der Waals surface area contributed by atoms with E-state index < -0.39 is 12.2 Å². The van der Waals surface area contributed by atoms with Crippen LogP contribution in [-0.4, -0.2) is 34.6 Å². The number of ether oxygens (including phenoxy) is 1. The molecule has 3 heteroatoms. The first kappa shape index (κ1) is 4.73. The second kappa shape index (κ2) is 1.23. The molecule has 2 aliphatic rings. The van der Waals surface area contributed by atoms with Gasteiger partial charge in [-0.2, -0.15) is 0 Å². The van der Waals surface area contributed by atoms with Crippen molar-refractivity contribution in [3.05, 3.63) is 0 Å².